The van der Waals surface area contributed by atoms with Crippen molar-refractivity contribution in [2.75, 3.05) is 5.32 Å². The fourth-order valence-corrected chi connectivity index (χ4v) is 2.12. The molecule has 0 heterocycles. The molecule has 0 aliphatic heterocycles. The summed E-state index contributed by atoms with van der Waals surface area (Å²) in [5.41, 5.74) is 2.09. The summed E-state index contributed by atoms with van der Waals surface area (Å²) >= 11 is 5.88. The van der Waals surface area contributed by atoms with E-state index < -0.39 is 4.92 Å². The maximum atomic E-state index is 10.6. The van der Waals surface area contributed by atoms with Crippen molar-refractivity contribution in [3.63, 3.8) is 0 Å². The van der Waals surface area contributed by atoms with Crippen LogP contribution in [0.15, 0.2) is 48.5 Å². The third kappa shape index (κ3) is 3.48. The zero-order valence-electron chi connectivity index (χ0n) is 11.0. The van der Waals surface area contributed by atoms with E-state index in [1.54, 1.807) is 12.1 Å². The summed E-state index contributed by atoms with van der Waals surface area (Å²) in [5.74, 6) is 0. The molecule has 2 rings (SSSR count). The van der Waals surface area contributed by atoms with Crippen LogP contribution in [-0.4, -0.2) is 4.92 Å². The largest absolute Gasteiger partial charge is 0.378 e. The molecule has 4 nitrogen and oxygen atoms in total. The normalized spacial score (nSPS) is 11.9. The van der Waals surface area contributed by atoms with Gasteiger partial charge in [0.2, 0.25) is 0 Å². The lowest BCUT2D eigenvalue weighted by molar-refractivity contribution is -0.384. The summed E-state index contributed by atoms with van der Waals surface area (Å²) in [5, 5.41) is 14.7. The van der Waals surface area contributed by atoms with Gasteiger partial charge in [-0.3, -0.25) is 10.1 Å². The average Bonchev–Trinajstić information content (AvgIpc) is 2.46. The van der Waals surface area contributed by atoms with E-state index in [9.17, 15) is 10.1 Å². The number of hydrogen-bond acceptors (Lipinski definition) is 3. The van der Waals surface area contributed by atoms with Crippen molar-refractivity contribution in [3.05, 3.63) is 69.2 Å². The van der Waals surface area contributed by atoms with Gasteiger partial charge in [-0.25, -0.2) is 0 Å². The van der Waals surface area contributed by atoms with Gasteiger partial charge in [-0.2, -0.15) is 0 Å². The van der Waals surface area contributed by atoms with Crippen LogP contribution < -0.4 is 5.32 Å². The summed E-state index contributed by atoms with van der Waals surface area (Å²) in [4.78, 5) is 10.2. The quantitative estimate of drug-likeness (QED) is 0.635. The maximum absolute atomic E-state index is 10.6. The van der Waals surface area contributed by atoms with Crippen LogP contribution in [0.3, 0.4) is 0 Å². The van der Waals surface area contributed by atoms with Gasteiger partial charge in [0.25, 0.3) is 5.69 Å². The number of benzene rings is 2. The van der Waals surface area contributed by atoms with Crippen molar-refractivity contribution in [2.45, 2.75) is 19.4 Å². The number of nitrogens with one attached hydrogen (secondary N) is 1. The number of rotatable bonds is 5. The summed E-state index contributed by atoms with van der Waals surface area (Å²) in [6.07, 6.45) is 0.901. The highest BCUT2D eigenvalue weighted by molar-refractivity contribution is 6.30. The molecular weight excluding hydrogens is 276 g/mol. The van der Waals surface area contributed by atoms with E-state index in [2.05, 4.69) is 12.2 Å². The molecule has 20 heavy (non-hydrogen) atoms. The summed E-state index contributed by atoms with van der Waals surface area (Å²) in [6.45, 7) is 2.08. The van der Waals surface area contributed by atoms with Crippen molar-refractivity contribution in [2.24, 2.45) is 0 Å². The Kier molecular flexibility index (Phi) is 4.58. The first kappa shape index (κ1) is 14.3. The zero-order valence-corrected chi connectivity index (χ0v) is 11.8. The van der Waals surface area contributed by atoms with Gasteiger partial charge in [0.05, 0.1) is 11.0 Å². The van der Waals surface area contributed by atoms with Gasteiger partial charge in [0.15, 0.2) is 0 Å². The molecule has 0 bridgehead atoms. The second kappa shape index (κ2) is 6.39. The molecule has 104 valence electrons. The van der Waals surface area contributed by atoms with Crippen molar-refractivity contribution in [1.82, 2.24) is 0 Å². The topological polar surface area (TPSA) is 55.2 Å². The van der Waals surface area contributed by atoms with Crippen LogP contribution in [0.1, 0.15) is 24.9 Å². The number of nitro groups is 1. The van der Waals surface area contributed by atoms with Gasteiger partial charge in [0, 0.05) is 22.8 Å². The molecule has 1 atom stereocenters. The maximum Gasteiger partial charge on any atom is 0.269 e. The van der Waals surface area contributed by atoms with E-state index in [4.69, 9.17) is 11.6 Å². The minimum atomic E-state index is -0.403. The van der Waals surface area contributed by atoms with Crippen LogP contribution in [0, 0.1) is 10.1 Å². The average molecular weight is 291 g/mol. The lowest BCUT2D eigenvalue weighted by Gasteiger charge is -2.18. The monoisotopic (exact) mass is 290 g/mol. The SMILES string of the molecule is CCC(Nc1ccc([N+](=O)[O-])cc1)c1ccc(Cl)cc1. The first-order chi connectivity index (χ1) is 9.60. The lowest BCUT2D eigenvalue weighted by Crippen LogP contribution is -2.09. The Morgan fingerprint density at radius 1 is 1.15 bits per heavy atom. The summed E-state index contributed by atoms with van der Waals surface area (Å²) < 4.78 is 0. The highest BCUT2D eigenvalue weighted by atomic mass is 35.5. The van der Waals surface area contributed by atoms with Gasteiger partial charge in [-0.05, 0) is 36.2 Å². The van der Waals surface area contributed by atoms with Gasteiger partial charge in [-0.15, -0.1) is 0 Å². The summed E-state index contributed by atoms with van der Waals surface area (Å²) in [6, 6.07) is 14.3. The Hall–Kier alpha value is -2.07. The Bertz CT molecular complexity index is 582. The third-order valence-corrected chi connectivity index (χ3v) is 3.35. The number of halogens is 1. The Morgan fingerprint density at radius 3 is 2.25 bits per heavy atom. The molecule has 0 aliphatic rings. The van der Waals surface area contributed by atoms with E-state index in [0.717, 1.165) is 17.7 Å². The molecule has 0 radical (unpaired) electrons. The molecular formula is C15H15ClN2O2. The van der Waals surface area contributed by atoms with Crippen molar-refractivity contribution in [3.8, 4) is 0 Å². The zero-order chi connectivity index (χ0) is 14.5. The number of nitro benzene ring substituents is 1. The number of nitrogens with zero attached hydrogens (tertiary/aromatic N) is 1. The molecule has 1 unspecified atom stereocenters. The van der Waals surface area contributed by atoms with E-state index >= 15 is 0 Å². The molecule has 1 N–H and O–H groups in total. The fraction of sp³-hybridized carbons (Fsp3) is 0.200. The van der Waals surface area contributed by atoms with Crippen LogP contribution in [0.25, 0.3) is 0 Å². The predicted octanol–water partition coefficient (Wildman–Crippen LogP) is 4.81. The molecule has 0 saturated carbocycles. The first-order valence-corrected chi connectivity index (χ1v) is 6.74. The highest BCUT2D eigenvalue weighted by Crippen LogP contribution is 2.25. The second-order valence-corrected chi connectivity index (χ2v) is 4.90. The highest BCUT2D eigenvalue weighted by Gasteiger charge is 2.10. The third-order valence-electron chi connectivity index (χ3n) is 3.10. The Morgan fingerprint density at radius 2 is 1.75 bits per heavy atom. The molecule has 0 amide bonds. The lowest BCUT2D eigenvalue weighted by atomic mass is 10.0. The predicted molar refractivity (Wildman–Crippen MR) is 81.2 cm³/mol. The molecule has 0 fully saturated rings. The Balaban J connectivity index is 2.13. The van der Waals surface area contributed by atoms with Gasteiger partial charge >= 0.3 is 0 Å². The minimum absolute atomic E-state index is 0.0927. The van der Waals surface area contributed by atoms with Crippen LogP contribution in [0.4, 0.5) is 11.4 Å². The first-order valence-electron chi connectivity index (χ1n) is 6.36. The molecule has 2 aromatic carbocycles. The van der Waals surface area contributed by atoms with Gasteiger partial charge in [-0.1, -0.05) is 30.7 Å². The minimum Gasteiger partial charge on any atom is -0.378 e. The van der Waals surface area contributed by atoms with Crippen molar-refractivity contribution >= 4 is 23.0 Å². The Labute approximate surface area is 122 Å². The van der Waals surface area contributed by atoms with E-state index in [1.807, 2.05) is 24.3 Å². The number of hydrogen-bond donors (Lipinski definition) is 1. The van der Waals surface area contributed by atoms with Crippen molar-refractivity contribution in [1.29, 1.82) is 0 Å². The molecule has 0 spiro atoms. The fourth-order valence-electron chi connectivity index (χ4n) is 2.00. The van der Waals surface area contributed by atoms with Crippen LogP contribution in [-0.2, 0) is 0 Å². The molecule has 0 saturated heterocycles. The van der Waals surface area contributed by atoms with Crippen LogP contribution in [0.2, 0.25) is 5.02 Å². The molecule has 2 aromatic rings. The van der Waals surface area contributed by atoms with Gasteiger partial charge in [0.1, 0.15) is 0 Å². The molecule has 0 aromatic heterocycles. The van der Waals surface area contributed by atoms with E-state index in [-0.39, 0.29) is 11.7 Å². The summed E-state index contributed by atoms with van der Waals surface area (Å²) in [7, 11) is 0. The number of non-ortho nitro benzene ring substituents is 1. The number of anilines is 1. The van der Waals surface area contributed by atoms with Crippen LogP contribution in [0.5, 0.6) is 0 Å². The second-order valence-electron chi connectivity index (χ2n) is 4.46. The molecule has 0 aliphatic carbocycles. The van der Waals surface area contributed by atoms with Crippen LogP contribution >= 0.6 is 11.6 Å². The van der Waals surface area contributed by atoms with E-state index in [1.165, 1.54) is 12.1 Å². The smallest absolute Gasteiger partial charge is 0.269 e. The molecule has 5 heteroatoms. The van der Waals surface area contributed by atoms with E-state index in [0.29, 0.717) is 5.02 Å². The standard InChI is InChI=1S/C15H15ClN2O2/c1-2-15(11-3-5-12(16)6-4-11)17-13-7-9-14(10-8-13)18(19)20/h3-10,15,17H,2H2,1H3. The van der Waals surface area contributed by atoms with Crippen molar-refractivity contribution < 1.29 is 4.92 Å². The van der Waals surface area contributed by atoms with Gasteiger partial charge < -0.3 is 5.32 Å².